The van der Waals surface area contributed by atoms with E-state index >= 15 is 0 Å². The summed E-state index contributed by atoms with van der Waals surface area (Å²) >= 11 is 0. The topological polar surface area (TPSA) is 134 Å². The van der Waals surface area contributed by atoms with Gasteiger partial charge in [0.15, 0.2) is 0 Å². The van der Waals surface area contributed by atoms with Gasteiger partial charge in [-0.05, 0) is 64.5 Å². The third kappa shape index (κ3) is 6.32. The molecular formula is C27H36N4O7. The molecule has 0 bridgehead atoms. The quantitative estimate of drug-likeness (QED) is 0.388. The van der Waals surface area contributed by atoms with E-state index in [-0.39, 0.29) is 30.1 Å². The smallest absolute Gasteiger partial charge is 0.410 e. The van der Waals surface area contributed by atoms with Crippen LogP contribution in [0, 0.1) is 5.92 Å². The van der Waals surface area contributed by atoms with Crippen molar-refractivity contribution < 1.29 is 33.4 Å². The number of likely N-dealkylation sites (tertiary alicyclic amines) is 1. The fourth-order valence-corrected chi connectivity index (χ4v) is 4.92. The van der Waals surface area contributed by atoms with Gasteiger partial charge in [0.05, 0.1) is 11.1 Å². The van der Waals surface area contributed by atoms with Crippen LogP contribution >= 0.6 is 0 Å². The number of hydrogen-bond donors (Lipinski definition) is 2. The Hall–Kier alpha value is -3.47. The van der Waals surface area contributed by atoms with E-state index in [4.69, 9.17) is 9.47 Å². The van der Waals surface area contributed by atoms with Crippen LogP contribution in [0.15, 0.2) is 18.2 Å². The number of ether oxygens (including phenoxy) is 2. The summed E-state index contributed by atoms with van der Waals surface area (Å²) in [5.74, 6) is -1.70. The third-order valence-corrected chi connectivity index (χ3v) is 6.87. The lowest BCUT2D eigenvalue weighted by atomic mass is 9.98. The average Bonchev–Trinajstić information content (AvgIpc) is 3.11. The highest BCUT2D eigenvalue weighted by molar-refractivity contribution is 6.25. The van der Waals surface area contributed by atoms with Gasteiger partial charge in [-0.25, -0.2) is 4.79 Å². The van der Waals surface area contributed by atoms with Crippen LogP contribution in [-0.4, -0.2) is 84.0 Å². The molecule has 206 valence electrons. The second-order valence-electron chi connectivity index (χ2n) is 10.9. The molecule has 11 heteroatoms. The SMILES string of the molecule is CC(C)(C)OC(=O)N1CCC(COCCCNc2cccc3c2C(=O)N(C2CCC(=O)NC2=O)C3=O)CC1. The number of rotatable bonds is 8. The van der Waals surface area contributed by atoms with Gasteiger partial charge in [0.25, 0.3) is 11.8 Å². The van der Waals surface area contributed by atoms with Gasteiger partial charge in [-0.1, -0.05) is 6.07 Å². The molecule has 3 aliphatic rings. The summed E-state index contributed by atoms with van der Waals surface area (Å²) in [6.45, 7) is 8.59. The highest BCUT2D eigenvalue weighted by Gasteiger charge is 2.45. The van der Waals surface area contributed by atoms with Crippen molar-refractivity contribution in [3.05, 3.63) is 29.3 Å². The van der Waals surface area contributed by atoms with E-state index in [1.807, 2.05) is 20.8 Å². The van der Waals surface area contributed by atoms with Crippen molar-refractivity contribution in [2.45, 2.75) is 64.5 Å². The maximum absolute atomic E-state index is 13.1. The molecule has 1 aromatic rings. The summed E-state index contributed by atoms with van der Waals surface area (Å²) in [6.07, 6.45) is 2.37. The lowest BCUT2D eigenvalue weighted by molar-refractivity contribution is -0.136. The average molecular weight is 529 g/mol. The van der Waals surface area contributed by atoms with E-state index in [9.17, 15) is 24.0 Å². The molecule has 0 radical (unpaired) electrons. The first-order valence-electron chi connectivity index (χ1n) is 13.2. The Morgan fingerprint density at radius 3 is 2.50 bits per heavy atom. The lowest BCUT2D eigenvalue weighted by Crippen LogP contribution is -2.54. The van der Waals surface area contributed by atoms with Crippen LogP contribution in [0.25, 0.3) is 0 Å². The molecule has 0 spiro atoms. The predicted molar refractivity (Wildman–Crippen MR) is 138 cm³/mol. The second-order valence-corrected chi connectivity index (χ2v) is 10.9. The summed E-state index contributed by atoms with van der Waals surface area (Å²) in [5, 5.41) is 5.43. The number of piperidine rings is 2. The first kappa shape index (κ1) is 27.6. The standard InChI is InChI=1S/C27H36N4O7/c1-27(2,3)38-26(36)30-13-10-17(11-14-30)16-37-15-5-12-28-19-7-4-6-18-22(19)25(35)31(24(18)34)20-8-9-21(32)29-23(20)33/h4,6-7,17,20,28H,5,8-16H2,1-3H3,(H,29,32,33). The van der Waals surface area contributed by atoms with E-state index in [0.29, 0.717) is 50.9 Å². The molecule has 2 saturated heterocycles. The molecule has 11 nitrogen and oxygen atoms in total. The van der Waals surface area contributed by atoms with Crippen LogP contribution in [0.3, 0.4) is 0 Å². The largest absolute Gasteiger partial charge is 0.444 e. The number of benzene rings is 1. The minimum absolute atomic E-state index is 0.0811. The second kappa shape index (κ2) is 11.5. The molecule has 2 fully saturated rings. The van der Waals surface area contributed by atoms with Crippen molar-refractivity contribution in [1.29, 1.82) is 0 Å². The Balaban J connectivity index is 1.20. The molecule has 2 N–H and O–H groups in total. The van der Waals surface area contributed by atoms with Crippen LogP contribution in [-0.2, 0) is 19.1 Å². The first-order valence-corrected chi connectivity index (χ1v) is 13.2. The molecule has 0 saturated carbocycles. The van der Waals surface area contributed by atoms with Gasteiger partial charge < -0.3 is 19.7 Å². The molecule has 3 heterocycles. The minimum Gasteiger partial charge on any atom is -0.444 e. The molecule has 1 unspecified atom stereocenters. The fraction of sp³-hybridized carbons (Fsp3) is 0.593. The maximum atomic E-state index is 13.1. The van der Waals surface area contributed by atoms with Crippen molar-refractivity contribution in [2.24, 2.45) is 5.92 Å². The first-order chi connectivity index (χ1) is 18.0. The molecule has 3 aliphatic heterocycles. The van der Waals surface area contributed by atoms with Gasteiger partial charge in [-0.15, -0.1) is 0 Å². The number of hydrogen-bond acceptors (Lipinski definition) is 8. The Kier molecular flexibility index (Phi) is 8.35. The van der Waals surface area contributed by atoms with Crippen molar-refractivity contribution >= 4 is 35.4 Å². The van der Waals surface area contributed by atoms with Crippen LogP contribution < -0.4 is 10.6 Å². The van der Waals surface area contributed by atoms with Crippen LogP contribution in [0.5, 0.6) is 0 Å². The monoisotopic (exact) mass is 528 g/mol. The summed E-state index contributed by atoms with van der Waals surface area (Å²) in [6, 6.07) is 4.01. The Morgan fingerprint density at radius 2 is 1.82 bits per heavy atom. The zero-order chi connectivity index (χ0) is 27.4. The molecule has 0 aliphatic carbocycles. The Labute approximate surface area is 222 Å². The predicted octanol–water partition coefficient (Wildman–Crippen LogP) is 2.55. The van der Waals surface area contributed by atoms with E-state index in [1.165, 1.54) is 0 Å². The number of fused-ring (bicyclic) bond motifs is 1. The van der Waals surface area contributed by atoms with Crippen molar-refractivity contribution in [3.63, 3.8) is 0 Å². The maximum Gasteiger partial charge on any atom is 0.410 e. The van der Waals surface area contributed by atoms with E-state index in [1.54, 1.807) is 23.1 Å². The number of carbonyl (C=O) groups excluding carboxylic acids is 5. The molecule has 5 amide bonds. The molecule has 38 heavy (non-hydrogen) atoms. The lowest BCUT2D eigenvalue weighted by Gasteiger charge is -2.33. The van der Waals surface area contributed by atoms with Crippen molar-refractivity contribution in [2.75, 3.05) is 38.2 Å². The number of nitrogens with one attached hydrogen (secondary N) is 2. The van der Waals surface area contributed by atoms with Gasteiger partial charge in [-0.3, -0.25) is 29.4 Å². The zero-order valence-electron chi connectivity index (χ0n) is 22.2. The minimum atomic E-state index is -0.989. The van der Waals surface area contributed by atoms with Gasteiger partial charge in [0.2, 0.25) is 11.8 Å². The summed E-state index contributed by atoms with van der Waals surface area (Å²) in [7, 11) is 0. The highest BCUT2D eigenvalue weighted by Crippen LogP contribution is 2.32. The van der Waals surface area contributed by atoms with Crippen molar-refractivity contribution in [1.82, 2.24) is 15.1 Å². The van der Waals surface area contributed by atoms with Gasteiger partial charge >= 0.3 is 6.09 Å². The number of anilines is 1. The van der Waals surface area contributed by atoms with Gasteiger partial charge in [0.1, 0.15) is 11.6 Å². The van der Waals surface area contributed by atoms with Gasteiger partial charge in [0, 0.05) is 45.0 Å². The van der Waals surface area contributed by atoms with Crippen LogP contribution in [0.4, 0.5) is 10.5 Å². The van der Waals surface area contributed by atoms with E-state index in [2.05, 4.69) is 10.6 Å². The number of carbonyl (C=O) groups is 5. The van der Waals surface area contributed by atoms with Crippen LogP contribution in [0.2, 0.25) is 0 Å². The summed E-state index contributed by atoms with van der Waals surface area (Å²) in [5.41, 5.74) is 0.532. The van der Waals surface area contributed by atoms with E-state index in [0.717, 1.165) is 17.7 Å². The number of amides is 5. The zero-order valence-corrected chi connectivity index (χ0v) is 22.2. The van der Waals surface area contributed by atoms with Crippen LogP contribution in [0.1, 0.15) is 73.6 Å². The molecule has 1 atom stereocenters. The Morgan fingerprint density at radius 1 is 1.08 bits per heavy atom. The molecule has 4 rings (SSSR count). The number of imide groups is 2. The number of nitrogens with zero attached hydrogens (tertiary/aromatic N) is 2. The van der Waals surface area contributed by atoms with E-state index < -0.39 is 35.3 Å². The Bertz CT molecular complexity index is 1110. The fourth-order valence-electron chi connectivity index (χ4n) is 4.92. The molecular weight excluding hydrogens is 492 g/mol. The third-order valence-electron chi connectivity index (χ3n) is 6.87. The summed E-state index contributed by atoms with van der Waals surface area (Å²) in [4.78, 5) is 64.7. The highest BCUT2D eigenvalue weighted by atomic mass is 16.6. The molecule has 0 aromatic heterocycles. The normalized spacial score (nSPS) is 20.4. The van der Waals surface area contributed by atoms with Gasteiger partial charge in [-0.2, -0.15) is 0 Å². The molecule has 1 aromatic carbocycles. The summed E-state index contributed by atoms with van der Waals surface area (Å²) < 4.78 is 11.3. The van der Waals surface area contributed by atoms with Crippen molar-refractivity contribution in [3.8, 4) is 0 Å².